The maximum atomic E-state index is 11.0. The van der Waals surface area contributed by atoms with Crippen molar-refractivity contribution in [2.75, 3.05) is 13.7 Å². The van der Waals surface area contributed by atoms with Gasteiger partial charge in [-0.25, -0.2) is 0 Å². The molecular weight excluding hydrogens is 250 g/mol. The molecule has 1 amide bonds. The highest BCUT2D eigenvalue weighted by atomic mass is 16.5. The van der Waals surface area contributed by atoms with Crippen LogP contribution in [-0.4, -0.2) is 19.6 Å². The fourth-order valence-electron chi connectivity index (χ4n) is 1.26. The van der Waals surface area contributed by atoms with Crippen LogP contribution in [0.5, 0.6) is 5.75 Å². The molecule has 0 aromatic heterocycles. The SMILES string of the molecule is CC.CCC.CCC(=O)NCCc1ccc(OC)cc1. The van der Waals surface area contributed by atoms with Crippen molar-refractivity contribution in [3.8, 4) is 5.75 Å². The molecule has 0 aliphatic heterocycles. The quantitative estimate of drug-likeness (QED) is 0.878. The molecule has 0 radical (unpaired) electrons. The third-order valence-corrected chi connectivity index (χ3v) is 2.22. The number of benzene rings is 1. The second kappa shape index (κ2) is 15.5. The van der Waals surface area contributed by atoms with E-state index in [1.54, 1.807) is 7.11 Å². The van der Waals surface area contributed by atoms with Crippen LogP contribution in [0.15, 0.2) is 24.3 Å². The monoisotopic (exact) mass is 281 g/mol. The van der Waals surface area contributed by atoms with Crippen LogP contribution in [0, 0.1) is 0 Å². The predicted octanol–water partition coefficient (Wildman–Crippen LogP) is 4.21. The summed E-state index contributed by atoms with van der Waals surface area (Å²) in [5.41, 5.74) is 1.20. The van der Waals surface area contributed by atoms with Crippen molar-refractivity contribution in [1.82, 2.24) is 5.32 Å². The van der Waals surface area contributed by atoms with E-state index in [0.717, 1.165) is 12.2 Å². The molecule has 0 bridgehead atoms. The number of nitrogens with one attached hydrogen (secondary N) is 1. The lowest BCUT2D eigenvalue weighted by Gasteiger charge is -2.04. The topological polar surface area (TPSA) is 38.3 Å². The van der Waals surface area contributed by atoms with Gasteiger partial charge in [0.25, 0.3) is 0 Å². The second-order valence-corrected chi connectivity index (χ2v) is 4.01. The van der Waals surface area contributed by atoms with Crippen molar-refractivity contribution in [2.24, 2.45) is 0 Å². The molecule has 0 saturated heterocycles. The Labute approximate surface area is 124 Å². The lowest BCUT2D eigenvalue weighted by molar-refractivity contribution is -0.120. The van der Waals surface area contributed by atoms with Gasteiger partial charge >= 0.3 is 0 Å². The Balaban J connectivity index is 0. The highest BCUT2D eigenvalue weighted by Crippen LogP contribution is 2.11. The minimum Gasteiger partial charge on any atom is -0.497 e. The summed E-state index contributed by atoms with van der Waals surface area (Å²) >= 11 is 0. The zero-order chi connectivity index (χ0) is 15.8. The molecule has 0 atom stereocenters. The largest absolute Gasteiger partial charge is 0.497 e. The van der Waals surface area contributed by atoms with Crippen LogP contribution < -0.4 is 10.1 Å². The van der Waals surface area contributed by atoms with Gasteiger partial charge in [0.05, 0.1) is 7.11 Å². The van der Waals surface area contributed by atoms with Crippen molar-refractivity contribution in [1.29, 1.82) is 0 Å². The fourth-order valence-corrected chi connectivity index (χ4v) is 1.26. The number of amides is 1. The van der Waals surface area contributed by atoms with Gasteiger partial charge in [0.15, 0.2) is 0 Å². The summed E-state index contributed by atoms with van der Waals surface area (Å²) in [5, 5.41) is 2.84. The van der Waals surface area contributed by atoms with Crippen molar-refractivity contribution in [3.63, 3.8) is 0 Å². The second-order valence-electron chi connectivity index (χ2n) is 4.01. The molecule has 0 unspecified atom stereocenters. The van der Waals surface area contributed by atoms with Gasteiger partial charge in [-0.15, -0.1) is 0 Å². The van der Waals surface area contributed by atoms with Crippen molar-refractivity contribution < 1.29 is 9.53 Å². The first-order valence-corrected chi connectivity index (χ1v) is 7.57. The van der Waals surface area contributed by atoms with Crippen LogP contribution in [0.4, 0.5) is 0 Å². The van der Waals surface area contributed by atoms with Crippen LogP contribution in [0.3, 0.4) is 0 Å². The molecule has 0 fully saturated rings. The Morgan fingerprint density at radius 2 is 1.60 bits per heavy atom. The van der Waals surface area contributed by atoms with E-state index in [2.05, 4.69) is 19.2 Å². The molecule has 0 aliphatic rings. The van der Waals surface area contributed by atoms with Gasteiger partial charge in [-0.05, 0) is 24.1 Å². The minimum absolute atomic E-state index is 0.100. The molecule has 0 aliphatic carbocycles. The molecule has 1 aromatic rings. The van der Waals surface area contributed by atoms with Gasteiger partial charge in [0.2, 0.25) is 5.91 Å². The van der Waals surface area contributed by atoms with Gasteiger partial charge in [-0.3, -0.25) is 4.79 Å². The smallest absolute Gasteiger partial charge is 0.219 e. The van der Waals surface area contributed by atoms with Crippen molar-refractivity contribution >= 4 is 5.91 Å². The van der Waals surface area contributed by atoms with Gasteiger partial charge in [0.1, 0.15) is 5.75 Å². The number of carbonyl (C=O) groups excluding carboxylic acids is 1. The highest BCUT2D eigenvalue weighted by Gasteiger charge is 1.97. The fraction of sp³-hybridized carbons (Fsp3) is 0.588. The van der Waals surface area contributed by atoms with E-state index in [4.69, 9.17) is 4.74 Å². The molecule has 1 aromatic carbocycles. The molecule has 3 nitrogen and oxygen atoms in total. The number of hydrogen-bond acceptors (Lipinski definition) is 2. The zero-order valence-electron chi connectivity index (χ0n) is 14.0. The normalized spacial score (nSPS) is 8.50. The molecule has 0 spiro atoms. The summed E-state index contributed by atoms with van der Waals surface area (Å²) in [6.45, 7) is 10.8. The Bertz CT molecular complexity index is 320. The van der Waals surface area contributed by atoms with Crippen molar-refractivity contribution in [3.05, 3.63) is 29.8 Å². The van der Waals surface area contributed by atoms with Crippen LogP contribution in [0.25, 0.3) is 0 Å². The molecule has 0 saturated carbocycles. The van der Waals surface area contributed by atoms with E-state index >= 15 is 0 Å². The van der Waals surface area contributed by atoms with Crippen LogP contribution in [0.2, 0.25) is 0 Å². The molecule has 1 rings (SSSR count). The van der Waals surface area contributed by atoms with Gasteiger partial charge < -0.3 is 10.1 Å². The minimum atomic E-state index is 0.100. The predicted molar refractivity (Wildman–Crippen MR) is 87.3 cm³/mol. The summed E-state index contributed by atoms with van der Waals surface area (Å²) in [7, 11) is 1.65. The third kappa shape index (κ3) is 11.6. The Morgan fingerprint density at radius 3 is 2.00 bits per heavy atom. The standard InChI is InChI=1S/C12H17NO2.C3H8.C2H6/c1-3-12(14)13-9-8-10-4-6-11(15-2)7-5-10;1-3-2;1-2/h4-7H,3,8-9H2,1-2H3,(H,13,14);3H2,1-2H3;1-2H3. The number of methoxy groups -OCH3 is 1. The summed E-state index contributed by atoms with van der Waals surface area (Å²) < 4.78 is 5.06. The molecule has 20 heavy (non-hydrogen) atoms. The number of rotatable bonds is 5. The zero-order valence-corrected chi connectivity index (χ0v) is 14.0. The molecule has 0 heterocycles. The lowest BCUT2D eigenvalue weighted by Crippen LogP contribution is -2.24. The number of hydrogen-bond donors (Lipinski definition) is 1. The molecule has 3 heteroatoms. The Morgan fingerprint density at radius 1 is 1.10 bits per heavy atom. The first-order valence-electron chi connectivity index (χ1n) is 7.57. The van der Waals surface area contributed by atoms with Gasteiger partial charge in [-0.2, -0.15) is 0 Å². The number of carbonyl (C=O) groups is 1. The first-order chi connectivity index (χ1) is 9.67. The maximum absolute atomic E-state index is 11.0. The van der Waals surface area contributed by atoms with E-state index in [9.17, 15) is 4.79 Å². The first kappa shape index (κ1) is 20.8. The van der Waals surface area contributed by atoms with E-state index in [1.807, 2.05) is 45.0 Å². The molecule has 1 N–H and O–H groups in total. The molecule has 116 valence electrons. The van der Waals surface area contributed by atoms with Crippen LogP contribution in [-0.2, 0) is 11.2 Å². The van der Waals surface area contributed by atoms with Crippen molar-refractivity contribution in [2.45, 2.75) is 53.9 Å². The van der Waals surface area contributed by atoms with E-state index in [-0.39, 0.29) is 5.91 Å². The number of ether oxygens (including phenoxy) is 1. The average molecular weight is 281 g/mol. The third-order valence-electron chi connectivity index (χ3n) is 2.22. The Kier molecular flexibility index (Phi) is 16.2. The van der Waals surface area contributed by atoms with E-state index in [0.29, 0.717) is 13.0 Å². The van der Waals surface area contributed by atoms with E-state index in [1.165, 1.54) is 12.0 Å². The average Bonchev–Trinajstić information content (AvgIpc) is 2.50. The van der Waals surface area contributed by atoms with Crippen LogP contribution >= 0.6 is 0 Å². The summed E-state index contributed by atoms with van der Waals surface area (Å²) in [6, 6.07) is 7.88. The van der Waals surface area contributed by atoms with E-state index < -0.39 is 0 Å². The summed E-state index contributed by atoms with van der Waals surface area (Å²) in [5.74, 6) is 0.958. The Hall–Kier alpha value is -1.51. The molecular formula is C17H31NO2. The summed E-state index contributed by atoms with van der Waals surface area (Å²) in [4.78, 5) is 11.0. The highest BCUT2D eigenvalue weighted by molar-refractivity contribution is 5.75. The van der Waals surface area contributed by atoms with Crippen LogP contribution in [0.1, 0.15) is 53.0 Å². The maximum Gasteiger partial charge on any atom is 0.219 e. The van der Waals surface area contributed by atoms with Gasteiger partial charge in [-0.1, -0.05) is 53.2 Å². The summed E-state index contributed by atoms with van der Waals surface area (Å²) in [6.07, 6.45) is 2.65. The van der Waals surface area contributed by atoms with Gasteiger partial charge in [0, 0.05) is 13.0 Å². The lowest BCUT2D eigenvalue weighted by atomic mass is 10.1.